The average molecular weight is 289 g/mol. The van der Waals surface area contributed by atoms with Crippen LogP contribution in [0.1, 0.15) is 37.3 Å². The molecule has 0 unspecified atom stereocenters. The lowest BCUT2D eigenvalue weighted by Crippen LogP contribution is -2.31. The molecule has 2 aromatic heterocycles. The topological polar surface area (TPSA) is 80.3 Å². The Kier molecular flexibility index (Phi) is 3.79. The Morgan fingerprint density at radius 3 is 3.00 bits per heavy atom. The number of hydrogen-bond donors (Lipinski definition) is 2. The van der Waals surface area contributed by atoms with Gasteiger partial charge < -0.3 is 19.4 Å². The molecule has 0 bridgehead atoms. The highest BCUT2D eigenvalue weighted by molar-refractivity contribution is 5.75. The van der Waals surface area contributed by atoms with Gasteiger partial charge in [-0.2, -0.15) is 0 Å². The summed E-state index contributed by atoms with van der Waals surface area (Å²) in [4.78, 5) is 16.2. The summed E-state index contributed by atoms with van der Waals surface area (Å²) in [7, 11) is 0. The van der Waals surface area contributed by atoms with Gasteiger partial charge in [-0.1, -0.05) is 0 Å². The Bertz CT molecular complexity index is 597. The second-order valence-electron chi connectivity index (χ2n) is 5.47. The Morgan fingerprint density at radius 2 is 2.29 bits per heavy atom. The molecule has 2 N–H and O–H groups in total. The van der Waals surface area contributed by atoms with Crippen molar-refractivity contribution in [1.82, 2.24) is 14.9 Å². The Morgan fingerprint density at radius 1 is 1.48 bits per heavy atom. The molecule has 112 valence electrons. The van der Waals surface area contributed by atoms with Crippen LogP contribution >= 0.6 is 0 Å². The van der Waals surface area contributed by atoms with Crippen LogP contribution in [-0.4, -0.2) is 20.6 Å². The maximum Gasteiger partial charge on any atom is 0.240 e. The van der Waals surface area contributed by atoms with E-state index in [2.05, 4.69) is 10.3 Å². The van der Waals surface area contributed by atoms with Crippen LogP contribution in [0.4, 0.5) is 0 Å². The zero-order valence-corrected chi connectivity index (χ0v) is 11.8. The number of hydrogen-bond acceptors (Lipinski definition) is 4. The summed E-state index contributed by atoms with van der Waals surface area (Å²) in [5.41, 5.74) is -0.884. The Labute approximate surface area is 122 Å². The molecular formula is C15H19N3O3. The summed E-state index contributed by atoms with van der Waals surface area (Å²) in [6.45, 7) is 0.512. The van der Waals surface area contributed by atoms with Gasteiger partial charge in [0.15, 0.2) is 0 Å². The molecule has 0 spiro atoms. The van der Waals surface area contributed by atoms with Gasteiger partial charge in [0.2, 0.25) is 5.91 Å². The molecule has 0 aliphatic heterocycles. The van der Waals surface area contributed by atoms with E-state index >= 15 is 0 Å². The number of aliphatic hydroxyl groups is 1. The number of nitrogens with zero attached hydrogens (tertiary/aromatic N) is 2. The van der Waals surface area contributed by atoms with E-state index in [0.717, 1.165) is 12.8 Å². The lowest BCUT2D eigenvalue weighted by Gasteiger charge is -2.22. The van der Waals surface area contributed by atoms with Crippen LogP contribution < -0.4 is 5.32 Å². The van der Waals surface area contributed by atoms with Gasteiger partial charge in [0.25, 0.3) is 0 Å². The van der Waals surface area contributed by atoms with Crippen LogP contribution in [-0.2, 0) is 23.5 Å². The third kappa shape index (κ3) is 3.00. The first-order valence-corrected chi connectivity index (χ1v) is 7.20. The molecule has 1 aliphatic carbocycles. The van der Waals surface area contributed by atoms with Gasteiger partial charge in [-0.15, -0.1) is 0 Å². The molecule has 0 saturated heterocycles. The second kappa shape index (κ2) is 5.73. The summed E-state index contributed by atoms with van der Waals surface area (Å²) < 4.78 is 6.89. The minimum absolute atomic E-state index is 0.132. The first kappa shape index (κ1) is 13.9. The van der Waals surface area contributed by atoms with E-state index in [-0.39, 0.29) is 12.5 Å². The molecule has 2 heterocycles. The number of nitrogens with one attached hydrogen (secondary N) is 1. The first-order valence-electron chi connectivity index (χ1n) is 7.20. The van der Waals surface area contributed by atoms with Crippen LogP contribution in [0.3, 0.4) is 0 Å². The van der Waals surface area contributed by atoms with Crippen molar-refractivity contribution in [3.63, 3.8) is 0 Å². The van der Waals surface area contributed by atoms with Crippen LogP contribution in [0.2, 0.25) is 0 Å². The lowest BCUT2D eigenvalue weighted by molar-refractivity contribution is -0.122. The van der Waals surface area contributed by atoms with Crippen molar-refractivity contribution in [2.75, 3.05) is 0 Å². The van der Waals surface area contributed by atoms with Crippen molar-refractivity contribution in [2.45, 2.75) is 44.4 Å². The molecular weight excluding hydrogens is 270 g/mol. The van der Waals surface area contributed by atoms with Crippen molar-refractivity contribution in [3.05, 3.63) is 42.4 Å². The van der Waals surface area contributed by atoms with E-state index in [1.54, 1.807) is 29.3 Å². The molecule has 1 saturated carbocycles. The van der Waals surface area contributed by atoms with Gasteiger partial charge in [-0.05, 0) is 37.8 Å². The number of aromatic nitrogens is 2. The van der Waals surface area contributed by atoms with Crippen molar-refractivity contribution >= 4 is 5.91 Å². The first-order chi connectivity index (χ1) is 10.2. The van der Waals surface area contributed by atoms with E-state index in [1.807, 2.05) is 6.07 Å². The van der Waals surface area contributed by atoms with E-state index in [0.29, 0.717) is 31.0 Å². The third-order valence-electron chi connectivity index (χ3n) is 3.92. The maximum absolute atomic E-state index is 12.0. The highest BCUT2D eigenvalue weighted by Crippen LogP contribution is 2.37. The number of carbonyl (C=O) groups excluding carboxylic acids is 1. The Hall–Kier alpha value is -2.08. The van der Waals surface area contributed by atoms with Crippen molar-refractivity contribution in [3.8, 4) is 0 Å². The summed E-state index contributed by atoms with van der Waals surface area (Å²) in [6, 6.07) is 3.59. The molecule has 0 radical (unpaired) electrons. The maximum atomic E-state index is 12.0. The molecule has 1 aliphatic rings. The molecule has 1 fully saturated rings. The molecule has 2 aromatic rings. The molecule has 3 rings (SSSR count). The fraction of sp³-hybridized carbons (Fsp3) is 0.467. The number of amides is 1. The second-order valence-corrected chi connectivity index (χ2v) is 5.47. The predicted molar refractivity (Wildman–Crippen MR) is 75.1 cm³/mol. The standard InChI is InChI=1S/C15H19N3O3/c19-13(17-10-12-4-3-9-21-12)11-18-8-7-16-14(18)15(20)5-1-2-6-15/h3-4,7-9,20H,1-2,5-6,10-11H2,(H,17,19). The van der Waals surface area contributed by atoms with E-state index in [9.17, 15) is 9.90 Å². The number of carbonyl (C=O) groups is 1. The zero-order chi connectivity index (χ0) is 14.7. The summed E-state index contributed by atoms with van der Waals surface area (Å²) in [5, 5.41) is 13.4. The van der Waals surface area contributed by atoms with E-state index < -0.39 is 5.60 Å². The van der Waals surface area contributed by atoms with Gasteiger partial charge in [-0.3, -0.25) is 4.79 Å². The van der Waals surface area contributed by atoms with Crippen molar-refractivity contribution < 1.29 is 14.3 Å². The van der Waals surface area contributed by atoms with Gasteiger partial charge in [0, 0.05) is 12.4 Å². The predicted octanol–water partition coefficient (Wildman–Crippen LogP) is 1.55. The molecule has 6 nitrogen and oxygen atoms in total. The van der Waals surface area contributed by atoms with Gasteiger partial charge in [-0.25, -0.2) is 4.98 Å². The van der Waals surface area contributed by atoms with Gasteiger partial charge in [0.1, 0.15) is 23.7 Å². The van der Waals surface area contributed by atoms with E-state index in [1.165, 1.54) is 0 Å². The van der Waals surface area contributed by atoms with Crippen molar-refractivity contribution in [2.24, 2.45) is 0 Å². The molecule has 21 heavy (non-hydrogen) atoms. The monoisotopic (exact) mass is 289 g/mol. The molecule has 1 amide bonds. The Balaban J connectivity index is 1.62. The third-order valence-corrected chi connectivity index (χ3v) is 3.92. The molecule has 0 aromatic carbocycles. The number of rotatable bonds is 5. The van der Waals surface area contributed by atoms with Gasteiger partial charge in [0.05, 0.1) is 12.8 Å². The summed E-state index contributed by atoms with van der Waals surface area (Å²) in [6.07, 6.45) is 8.34. The summed E-state index contributed by atoms with van der Waals surface area (Å²) in [5.74, 6) is 1.17. The van der Waals surface area contributed by atoms with Crippen LogP contribution in [0.5, 0.6) is 0 Å². The van der Waals surface area contributed by atoms with Crippen molar-refractivity contribution in [1.29, 1.82) is 0 Å². The van der Waals surface area contributed by atoms with Crippen LogP contribution in [0.25, 0.3) is 0 Å². The largest absolute Gasteiger partial charge is 0.467 e. The fourth-order valence-electron chi connectivity index (χ4n) is 2.84. The normalized spacial score (nSPS) is 17.0. The minimum Gasteiger partial charge on any atom is -0.467 e. The van der Waals surface area contributed by atoms with E-state index in [4.69, 9.17) is 4.42 Å². The average Bonchev–Trinajstić information content (AvgIpc) is 3.17. The van der Waals surface area contributed by atoms with Crippen LogP contribution in [0, 0.1) is 0 Å². The number of furan rings is 1. The fourth-order valence-corrected chi connectivity index (χ4v) is 2.84. The highest BCUT2D eigenvalue weighted by atomic mass is 16.3. The molecule has 0 atom stereocenters. The van der Waals surface area contributed by atoms with Crippen LogP contribution in [0.15, 0.2) is 35.2 Å². The zero-order valence-electron chi connectivity index (χ0n) is 11.8. The quantitative estimate of drug-likeness (QED) is 0.875. The lowest BCUT2D eigenvalue weighted by atomic mass is 10.0. The number of imidazole rings is 1. The highest BCUT2D eigenvalue weighted by Gasteiger charge is 2.37. The molecule has 6 heteroatoms. The summed E-state index contributed by atoms with van der Waals surface area (Å²) >= 11 is 0. The smallest absolute Gasteiger partial charge is 0.240 e. The van der Waals surface area contributed by atoms with Gasteiger partial charge >= 0.3 is 0 Å². The minimum atomic E-state index is -0.884. The SMILES string of the molecule is O=C(Cn1ccnc1C1(O)CCCC1)NCc1ccco1.